The number of rotatable bonds is 5. The van der Waals surface area contributed by atoms with Crippen LogP contribution in [0.1, 0.15) is 19.8 Å². The Bertz CT molecular complexity index is 236. The lowest BCUT2D eigenvalue weighted by molar-refractivity contribution is -0.138. The summed E-state index contributed by atoms with van der Waals surface area (Å²) >= 11 is 5.36. The number of ether oxygens (including phenoxy) is 1. The molecule has 0 unspecified atom stereocenters. The standard InChI is InChI=1S/C9H12ClF3O2/c1-7(9(11,12)13)6-8(14)15-5-3-2-4-10/h6H,2-5H2,1H3. The molecule has 0 heterocycles. The van der Waals surface area contributed by atoms with Gasteiger partial charge in [0.25, 0.3) is 0 Å². The lowest BCUT2D eigenvalue weighted by Gasteiger charge is -2.06. The van der Waals surface area contributed by atoms with Crippen molar-refractivity contribution in [2.75, 3.05) is 12.5 Å². The van der Waals surface area contributed by atoms with E-state index in [9.17, 15) is 18.0 Å². The maximum absolute atomic E-state index is 12.0. The summed E-state index contributed by atoms with van der Waals surface area (Å²) in [5.74, 6) is -0.533. The normalized spacial score (nSPS) is 12.7. The Hall–Kier alpha value is -0.710. The Labute approximate surface area is 91.0 Å². The summed E-state index contributed by atoms with van der Waals surface area (Å²) in [6, 6.07) is 0. The topological polar surface area (TPSA) is 26.3 Å². The molecule has 0 aromatic carbocycles. The molecule has 0 atom stereocenters. The van der Waals surface area contributed by atoms with Gasteiger partial charge in [0.2, 0.25) is 0 Å². The molecule has 0 N–H and O–H groups in total. The van der Waals surface area contributed by atoms with E-state index < -0.39 is 17.7 Å². The van der Waals surface area contributed by atoms with Gasteiger partial charge in [-0.25, -0.2) is 4.79 Å². The lowest BCUT2D eigenvalue weighted by Crippen LogP contribution is -2.12. The molecule has 0 spiro atoms. The zero-order valence-electron chi connectivity index (χ0n) is 8.23. The third-order valence-electron chi connectivity index (χ3n) is 1.55. The molecule has 88 valence electrons. The number of esters is 1. The highest BCUT2D eigenvalue weighted by Crippen LogP contribution is 2.24. The first-order valence-corrected chi connectivity index (χ1v) is 4.89. The van der Waals surface area contributed by atoms with Crippen molar-refractivity contribution in [2.45, 2.75) is 25.9 Å². The van der Waals surface area contributed by atoms with E-state index in [0.717, 1.165) is 6.92 Å². The maximum atomic E-state index is 12.0. The molecular weight excluding hydrogens is 233 g/mol. The van der Waals surface area contributed by atoms with E-state index in [1.165, 1.54) is 0 Å². The summed E-state index contributed by atoms with van der Waals surface area (Å²) in [4.78, 5) is 10.8. The minimum absolute atomic E-state index is 0.0905. The van der Waals surface area contributed by atoms with Crippen LogP contribution in [0.2, 0.25) is 0 Å². The number of unbranched alkanes of at least 4 members (excludes halogenated alkanes) is 1. The highest BCUT2D eigenvalue weighted by molar-refractivity contribution is 6.17. The molecule has 0 fully saturated rings. The zero-order chi connectivity index (χ0) is 11.9. The van der Waals surface area contributed by atoms with Crippen LogP contribution in [0.5, 0.6) is 0 Å². The van der Waals surface area contributed by atoms with E-state index in [-0.39, 0.29) is 6.61 Å². The second kappa shape index (κ2) is 6.71. The van der Waals surface area contributed by atoms with Crippen LogP contribution in [0, 0.1) is 0 Å². The number of allylic oxidation sites excluding steroid dienone is 1. The second-order valence-corrected chi connectivity index (χ2v) is 3.27. The first-order chi connectivity index (χ1) is 6.88. The zero-order valence-corrected chi connectivity index (χ0v) is 8.99. The van der Waals surface area contributed by atoms with Gasteiger partial charge in [0.1, 0.15) is 0 Å². The smallest absolute Gasteiger partial charge is 0.412 e. The predicted octanol–water partition coefficient (Wildman–Crippen LogP) is 3.06. The Balaban J connectivity index is 3.92. The number of hydrogen-bond acceptors (Lipinski definition) is 2. The molecule has 0 aliphatic carbocycles. The van der Waals surface area contributed by atoms with Crippen LogP contribution < -0.4 is 0 Å². The Morgan fingerprint density at radius 2 is 2.00 bits per heavy atom. The van der Waals surface area contributed by atoms with Crippen molar-refractivity contribution in [3.8, 4) is 0 Å². The van der Waals surface area contributed by atoms with Crippen molar-refractivity contribution in [2.24, 2.45) is 0 Å². The van der Waals surface area contributed by atoms with Gasteiger partial charge in [-0.3, -0.25) is 0 Å². The summed E-state index contributed by atoms with van der Waals surface area (Å²) in [5, 5.41) is 0. The van der Waals surface area contributed by atoms with Gasteiger partial charge in [-0.15, -0.1) is 11.6 Å². The van der Waals surface area contributed by atoms with Gasteiger partial charge in [-0.05, 0) is 19.8 Å². The molecule has 0 radical (unpaired) electrons. The SMILES string of the molecule is CC(=CC(=O)OCCCCCl)C(F)(F)F. The van der Waals surface area contributed by atoms with Gasteiger partial charge in [0.05, 0.1) is 6.61 Å². The summed E-state index contributed by atoms with van der Waals surface area (Å²) in [6.07, 6.45) is -2.82. The van der Waals surface area contributed by atoms with Gasteiger partial charge in [-0.2, -0.15) is 13.2 Å². The van der Waals surface area contributed by atoms with E-state index in [4.69, 9.17) is 11.6 Å². The molecule has 0 saturated carbocycles. The van der Waals surface area contributed by atoms with Gasteiger partial charge < -0.3 is 4.74 Å². The molecule has 2 nitrogen and oxygen atoms in total. The van der Waals surface area contributed by atoms with Crippen LogP contribution in [0.25, 0.3) is 0 Å². The van der Waals surface area contributed by atoms with Crippen molar-refractivity contribution in [3.05, 3.63) is 11.6 Å². The molecule has 6 heteroatoms. The fourth-order valence-electron chi connectivity index (χ4n) is 0.670. The first kappa shape index (κ1) is 14.3. The molecule has 0 rings (SSSR count). The number of carbonyl (C=O) groups is 1. The average Bonchev–Trinajstić information content (AvgIpc) is 2.11. The number of alkyl halides is 4. The Kier molecular flexibility index (Phi) is 6.40. The van der Waals surface area contributed by atoms with Crippen molar-refractivity contribution in [1.29, 1.82) is 0 Å². The monoisotopic (exact) mass is 244 g/mol. The molecule has 0 aliphatic rings. The van der Waals surface area contributed by atoms with E-state index in [0.29, 0.717) is 24.8 Å². The summed E-state index contributed by atoms with van der Waals surface area (Å²) in [6.45, 7) is 0.910. The van der Waals surface area contributed by atoms with Crippen molar-refractivity contribution >= 4 is 17.6 Å². The van der Waals surface area contributed by atoms with Crippen LogP contribution in [-0.4, -0.2) is 24.6 Å². The van der Waals surface area contributed by atoms with Crippen LogP contribution in [-0.2, 0) is 9.53 Å². The summed E-state index contributed by atoms with van der Waals surface area (Å²) < 4.78 is 40.4. The molecule has 0 aliphatic heterocycles. The fraction of sp³-hybridized carbons (Fsp3) is 0.667. The minimum atomic E-state index is -4.48. The molecule has 0 saturated heterocycles. The third kappa shape index (κ3) is 7.25. The number of halogens is 4. The van der Waals surface area contributed by atoms with Crippen LogP contribution >= 0.6 is 11.6 Å². The largest absolute Gasteiger partial charge is 0.463 e. The predicted molar refractivity (Wildman–Crippen MR) is 50.7 cm³/mol. The summed E-state index contributed by atoms with van der Waals surface area (Å²) in [5.41, 5.74) is -0.968. The molecule has 15 heavy (non-hydrogen) atoms. The molecule has 0 aromatic heterocycles. The Morgan fingerprint density at radius 1 is 1.40 bits per heavy atom. The van der Waals surface area contributed by atoms with Crippen molar-refractivity contribution in [3.63, 3.8) is 0 Å². The first-order valence-electron chi connectivity index (χ1n) is 4.36. The maximum Gasteiger partial charge on any atom is 0.412 e. The van der Waals surface area contributed by atoms with Crippen LogP contribution in [0.4, 0.5) is 13.2 Å². The lowest BCUT2D eigenvalue weighted by atomic mass is 10.3. The van der Waals surface area contributed by atoms with Crippen molar-refractivity contribution in [1.82, 2.24) is 0 Å². The summed E-state index contributed by atoms with van der Waals surface area (Å²) in [7, 11) is 0. The molecule has 0 amide bonds. The number of carbonyl (C=O) groups excluding carboxylic acids is 1. The molecular formula is C9H12ClF3O2. The highest BCUT2D eigenvalue weighted by atomic mass is 35.5. The third-order valence-corrected chi connectivity index (χ3v) is 1.82. The Morgan fingerprint density at radius 3 is 2.47 bits per heavy atom. The van der Waals surface area contributed by atoms with E-state index >= 15 is 0 Å². The number of hydrogen-bond donors (Lipinski definition) is 0. The highest BCUT2D eigenvalue weighted by Gasteiger charge is 2.30. The quantitative estimate of drug-likeness (QED) is 0.322. The second-order valence-electron chi connectivity index (χ2n) is 2.89. The van der Waals surface area contributed by atoms with Gasteiger partial charge in [0, 0.05) is 17.5 Å². The molecule has 0 bridgehead atoms. The average molecular weight is 245 g/mol. The minimum Gasteiger partial charge on any atom is -0.463 e. The fourth-order valence-corrected chi connectivity index (χ4v) is 0.859. The van der Waals surface area contributed by atoms with Crippen molar-refractivity contribution < 1.29 is 22.7 Å². The van der Waals surface area contributed by atoms with Gasteiger partial charge >= 0.3 is 12.1 Å². The van der Waals surface area contributed by atoms with Crippen LogP contribution in [0.3, 0.4) is 0 Å². The van der Waals surface area contributed by atoms with Gasteiger partial charge in [-0.1, -0.05) is 0 Å². The molecule has 0 aromatic rings. The van der Waals surface area contributed by atoms with E-state index in [2.05, 4.69) is 4.74 Å². The van der Waals surface area contributed by atoms with Gasteiger partial charge in [0.15, 0.2) is 0 Å². The van der Waals surface area contributed by atoms with E-state index in [1.54, 1.807) is 0 Å². The van der Waals surface area contributed by atoms with E-state index in [1.807, 2.05) is 0 Å². The van der Waals surface area contributed by atoms with Crippen LogP contribution in [0.15, 0.2) is 11.6 Å².